The monoisotopic (exact) mass is 796 g/mol. The lowest BCUT2D eigenvalue weighted by atomic mass is 10.1. The zero-order chi connectivity index (χ0) is 35.0. The second kappa shape index (κ2) is 20.0. The lowest BCUT2D eigenvalue weighted by Gasteiger charge is -2.26. The van der Waals surface area contributed by atoms with Gasteiger partial charge in [-0.1, -0.05) is 56.1 Å². The Bertz CT molecular complexity index is 1670. The molecule has 2 aromatic carbocycles. The van der Waals surface area contributed by atoms with E-state index >= 15 is 0 Å². The Balaban J connectivity index is 0.000000184. The van der Waals surface area contributed by atoms with Crippen molar-refractivity contribution in [3.05, 3.63) is 80.3 Å². The molecule has 2 fully saturated rings. The number of nitrogens with zero attached hydrogens (tertiary/aromatic N) is 7. The molecule has 4 heterocycles. The standard InChI is InChI=1S/C17H20BrN5O.C10H7BrN4.C7H15NO2/c1-20-16-15(13-3-5-14(18)6-4-13)21-23(17(16)19)8-2-7-22-9-11-24-12-10-22;1-13-9-8(14-15-10(9)12)6-2-4-7(11)5-3-6;9-5-1-2-8-3-6-10-7-4-8/h3-6H,2,7-12,19H2;2-5H,(H3,12,14,15);9H,1-7H2. The van der Waals surface area contributed by atoms with Gasteiger partial charge in [-0.25, -0.2) is 9.69 Å². The van der Waals surface area contributed by atoms with Crippen LogP contribution in [0.3, 0.4) is 0 Å². The number of aromatic amines is 1. The molecule has 6 N–H and O–H groups in total. The summed E-state index contributed by atoms with van der Waals surface area (Å²) in [4.78, 5) is 11.6. The molecule has 0 unspecified atom stereocenters. The molecular formula is C34H42Br2N10O3. The van der Waals surface area contributed by atoms with Crippen molar-refractivity contribution in [1.29, 1.82) is 0 Å². The number of hydrogen-bond acceptors (Lipinski definition) is 9. The number of ether oxygens (including phenoxy) is 2. The number of aromatic nitrogens is 4. The third-order valence-electron chi connectivity index (χ3n) is 7.89. The Hall–Kier alpha value is -3.80. The fraction of sp³-hybridized carbons (Fsp3) is 0.412. The van der Waals surface area contributed by atoms with E-state index in [1.165, 1.54) is 0 Å². The van der Waals surface area contributed by atoms with Crippen LogP contribution in [0.25, 0.3) is 32.2 Å². The van der Waals surface area contributed by atoms with Gasteiger partial charge in [-0.2, -0.15) is 10.2 Å². The Morgan fingerprint density at radius 3 is 1.78 bits per heavy atom. The van der Waals surface area contributed by atoms with E-state index in [9.17, 15) is 0 Å². The number of anilines is 2. The summed E-state index contributed by atoms with van der Waals surface area (Å²) in [5.41, 5.74) is 15.6. The number of benzene rings is 2. The van der Waals surface area contributed by atoms with Crippen LogP contribution in [-0.2, 0) is 16.0 Å². The quantitative estimate of drug-likeness (QED) is 0.153. The van der Waals surface area contributed by atoms with Crippen molar-refractivity contribution in [3.63, 3.8) is 0 Å². The zero-order valence-corrected chi connectivity index (χ0v) is 30.5. The van der Waals surface area contributed by atoms with E-state index in [0.29, 0.717) is 41.7 Å². The molecule has 6 rings (SSSR count). The van der Waals surface area contributed by atoms with E-state index in [1.807, 2.05) is 48.5 Å². The Labute approximate surface area is 304 Å². The summed E-state index contributed by atoms with van der Waals surface area (Å²) in [5, 5.41) is 19.7. The number of H-pyrrole nitrogens is 1. The average molecular weight is 799 g/mol. The first-order chi connectivity index (χ1) is 23.8. The molecule has 260 valence electrons. The second-order valence-electron chi connectivity index (χ2n) is 11.2. The smallest absolute Gasteiger partial charge is 0.254 e. The van der Waals surface area contributed by atoms with Crippen LogP contribution >= 0.6 is 31.9 Å². The molecule has 0 saturated carbocycles. The lowest BCUT2D eigenvalue weighted by molar-refractivity contribution is 0.0353. The summed E-state index contributed by atoms with van der Waals surface area (Å²) in [6, 6.07) is 15.4. The molecule has 2 aromatic heterocycles. The maximum absolute atomic E-state index is 8.54. The fourth-order valence-corrected chi connectivity index (χ4v) is 5.75. The molecule has 0 amide bonds. The van der Waals surface area contributed by atoms with Gasteiger partial charge in [-0.05, 0) is 48.2 Å². The molecule has 0 radical (unpaired) electrons. The van der Waals surface area contributed by atoms with Crippen LogP contribution in [0.1, 0.15) is 12.8 Å². The molecule has 13 nitrogen and oxygen atoms in total. The molecule has 0 bridgehead atoms. The molecule has 4 aromatic rings. The number of aliphatic hydroxyl groups is 1. The highest BCUT2D eigenvalue weighted by molar-refractivity contribution is 9.10. The Kier molecular flexibility index (Phi) is 15.5. The third-order valence-corrected chi connectivity index (χ3v) is 8.95. The SMILES string of the molecule is OCCCN1CCOCC1.[C-]#[N+]c1c(-c2ccc(Br)cc2)nn(CCCN2CCOCC2)c1N.[C-]#[N+]c1c(N)n[nH]c1-c1ccc(Br)cc1. The van der Waals surface area contributed by atoms with Crippen molar-refractivity contribution in [2.45, 2.75) is 19.4 Å². The molecular weight excluding hydrogens is 756 g/mol. The van der Waals surface area contributed by atoms with E-state index in [4.69, 9.17) is 39.2 Å². The van der Waals surface area contributed by atoms with Gasteiger partial charge in [0.05, 0.1) is 45.3 Å². The lowest BCUT2D eigenvalue weighted by Crippen LogP contribution is -2.37. The molecule has 15 heteroatoms. The molecule has 2 aliphatic heterocycles. The minimum atomic E-state index is 0.239. The van der Waals surface area contributed by atoms with E-state index in [2.05, 4.69) is 66.6 Å². The van der Waals surface area contributed by atoms with Gasteiger partial charge in [-0.3, -0.25) is 19.6 Å². The predicted molar refractivity (Wildman–Crippen MR) is 199 cm³/mol. The van der Waals surface area contributed by atoms with E-state index in [1.54, 1.807) is 4.68 Å². The van der Waals surface area contributed by atoms with Crippen LogP contribution in [0, 0.1) is 13.1 Å². The van der Waals surface area contributed by atoms with Crippen LogP contribution in [0.5, 0.6) is 0 Å². The van der Waals surface area contributed by atoms with Gasteiger partial charge in [-0.15, -0.1) is 0 Å². The molecule has 0 spiro atoms. The van der Waals surface area contributed by atoms with Crippen molar-refractivity contribution in [2.75, 3.05) is 83.8 Å². The number of nitrogen functional groups attached to an aromatic ring is 2. The van der Waals surface area contributed by atoms with Gasteiger partial charge in [0, 0.05) is 61.4 Å². The summed E-state index contributed by atoms with van der Waals surface area (Å²) in [6.07, 6.45) is 1.84. The molecule has 0 atom stereocenters. The highest BCUT2D eigenvalue weighted by Crippen LogP contribution is 2.36. The number of nitrogens with one attached hydrogen (secondary N) is 1. The number of aliphatic hydroxyl groups excluding tert-OH is 1. The number of nitrogens with two attached hydrogens (primary N) is 2. The topological polar surface area (TPSA) is 152 Å². The highest BCUT2D eigenvalue weighted by Gasteiger charge is 2.18. The molecule has 0 aliphatic carbocycles. The van der Waals surface area contributed by atoms with E-state index in [-0.39, 0.29) is 5.82 Å². The number of halogens is 2. The Morgan fingerprint density at radius 1 is 0.755 bits per heavy atom. The molecule has 2 aliphatic rings. The van der Waals surface area contributed by atoms with Crippen molar-refractivity contribution in [2.24, 2.45) is 0 Å². The third kappa shape index (κ3) is 11.4. The van der Waals surface area contributed by atoms with Crippen molar-refractivity contribution >= 4 is 54.9 Å². The summed E-state index contributed by atoms with van der Waals surface area (Å²) < 4.78 is 14.3. The number of rotatable bonds is 9. The minimum absolute atomic E-state index is 0.239. The van der Waals surface area contributed by atoms with Gasteiger partial charge in [0.25, 0.3) is 11.4 Å². The maximum Gasteiger partial charge on any atom is 0.254 e. The normalized spacial score (nSPS) is 14.9. The maximum atomic E-state index is 8.54. The van der Waals surface area contributed by atoms with Gasteiger partial charge < -0.3 is 26.0 Å². The first kappa shape index (κ1) is 38.0. The van der Waals surface area contributed by atoms with Gasteiger partial charge in [0.15, 0.2) is 5.82 Å². The van der Waals surface area contributed by atoms with Crippen LogP contribution < -0.4 is 11.5 Å². The highest BCUT2D eigenvalue weighted by atomic mass is 79.9. The first-order valence-corrected chi connectivity index (χ1v) is 17.6. The van der Waals surface area contributed by atoms with Crippen molar-refractivity contribution in [3.8, 4) is 22.5 Å². The summed E-state index contributed by atoms with van der Waals surface area (Å²) in [6.45, 7) is 24.8. The number of morpholine rings is 2. The van der Waals surface area contributed by atoms with Crippen LogP contribution in [0.15, 0.2) is 57.5 Å². The van der Waals surface area contributed by atoms with Gasteiger partial charge >= 0.3 is 0 Å². The van der Waals surface area contributed by atoms with Gasteiger partial charge in [0.1, 0.15) is 11.5 Å². The summed E-state index contributed by atoms with van der Waals surface area (Å²) in [5.74, 6) is 0.688. The molecule has 49 heavy (non-hydrogen) atoms. The Morgan fingerprint density at radius 2 is 1.27 bits per heavy atom. The average Bonchev–Trinajstić information content (AvgIpc) is 3.67. The van der Waals surface area contributed by atoms with Crippen molar-refractivity contribution < 1.29 is 14.6 Å². The second-order valence-corrected chi connectivity index (χ2v) is 13.0. The van der Waals surface area contributed by atoms with E-state index < -0.39 is 0 Å². The number of aryl methyl sites for hydroxylation is 1. The summed E-state index contributed by atoms with van der Waals surface area (Å²) >= 11 is 6.77. The van der Waals surface area contributed by atoms with Crippen LogP contribution in [0.2, 0.25) is 0 Å². The largest absolute Gasteiger partial charge is 0.396 e. The van der Waals surface area contributed by atoms with Gasteiger partial charge in [0.2, 0.25) is 0 Å². The van der Waals surface area contributed by atoms with Crippen molar-refractivity contribution in [1.82, 2.24) is 29.8 Å². The number of hydrogen-bond donors (Lipinski definition) is 4. The zero-order valence-electron chi connectivity index (χ0n) is 27.3. The van der Waals surface area contributed by atoms with E-state index in [0.717, 1.165) is 98.6 Å². The van der Waals surface area contributed by atoms with Crippen LogP contribution in [-0.4, -0.2) is 107 Å². The first-order valence-electron chi connectivity index (χ1n) is 16.0. The molecule has 2 saturated heterocycles. The van der Waals surface area contributed by atoms with Crippen LogP contribution in [0.4, 0.5) is 23.0 Å². The minimum Gasteiger partial charge on any atom is -0.396 e. The fourth-order valence-electron chi connectivity index (χ4n) is 5.22. The predicted octanol–water partition coefficient (Wildman–Crippen LogP) is 5.84. The summed E-state index contributed by atoms with van der Waals surface area (Å²) in [7, 11) is 0.